The lowest BCUT2D eigenvalue weighted by molar-refractivity contribution is 0.0758. The number of nitriles is 1. The third kappa shape index (κ3) is 4.17. The first kappa shape index (κ1) is 17.0. The van der Waals surface area contributed by atoms with Crippen LogP contribution in [0.25, 0.3) is 0 Å². The van der Waals surface area contributed by atoms with E-state index in [0.29, 0.717) is 24.2 Å². The minimum atomic E-state index is -0.113. The maximum absolute atomic E-state index is 12.6. The molecule has 5 nitrogen and oxygen atoms in total. The highest BCUT2D eigenvalue weighted by atomic mass is 16.3. The van der Waals surface area contributed by atoms with Crippen molar-refractivity contribution in [2.75, 3.05) is 26.2 Å². The molecule has 1 saturated heterocycles. The second-order valence-corrected chi connectivity index (χ2v) is 6.25. The highest BCUT2D eigenvalue weighted by Gasteiger charge is 2.22. The van der Waals surface area contributed by atoms with Crippen molar-refractivity contribution in [2.45, 2.75) is 13.0 Å². The summed E-state index contributed by atoms with van der Waals surface area (Å²) in [6, 6.07) is 16.4. The number of aromatic hydroxyl groups is 1. The molecule has 0 saturated carbocycles. The second-order valence-electron chi connectivity index (χ2n) is 6.25. The summed E-state index contributed by atoms with van der Waals surface area (Å²) in [5.74, 6) is -0.0792. The molecule has 0 spiro atoms. The first-order valence-electron chi connectivity index (χ1n) is 8.46. The third-order valence-corrected chi connectivity index (χ3v) is 4.50. The summed E-state index contributed by atoms with van der Waals surface area (Å²) in [7, 11) is 0. The zero-order chi connectivity index (χ0) is 17.6. The van der Waals surface area contributed by atoms with E-state index in [4.69, 9.17) is 5.26 Å². The smallest absolute Gasteiger partial charge is 0.257 e. The van der Waals surface area contributed by atoms with Crippen LogP contribution >= 0.6 is 0 Å². The van der Waals surface area contributed by atoms with Gasteiger partial charge in [0.1, 0.15) is 5.75 Å². The van der Waals surface area contributed by atoms with Gasteiger partial charge in [0.05, 0.1) is 17.2 Å². The van der Waals surface area contributed by atoms with Gasteiger partial charge in [0.25, 0.3) is 5.91 Å². The largest absolute Gasteiger partial charge is 0.507 e. The quantitative estimate of drug-likeness (QED) is 0.936. The number of carbonyl (C=O) groups excluding carboxylic acids is 1. The highest BCUT2D eigenvalue weighted by Crippen LogP contribution is 2.19. The number of hydrogen-bond donors (Lipinski definition) is 1. The predicted octanol–water partition coefficient (Wildman–Crippen LogP) is 2.61. The van der Waals surface area contributed by atoms with E-state index in [0.717, 1.165) is 26.1 Å². The Hall–Kier alpha value is -2.84. The Morgan fingerprint density at radius 3 is 2.52 bits per heavy atom. The molecule has 5 heteroatoms. The molecule has 128 valence electrons. The van der Waals surface area contributed by atoms with Crippen molar-refractivity contribution in [1.82, 2.24) is 9.80 Å². The van der Waals surface area contributed by atoms with Gasteiger partial charge in [0.15, 0.2) is 0 Å². The van der Waals surface area contributed by atoms with E-state index >= 15 is 0 Å². The Morgan fingerprint density at radius 2 is 1.80 bits per heavy atom. The molecular weight excluding hydrogens is 314 g/mol. The van der Waals surface area contributed by atoms with Gasteiger partial charge in [-0.3, -0.25) is 9.69 Å². The van der Waals surface area contributed by atoms with Crippen molar-refractivity contribution in [1.29, 1.82) is 5.26 Å². The maximum Gasteiger partial charge on any atom is 0.257 e. The van der Waals surface area contributed by atoms with E-state index in [-0.39, 0.29) is 11.7 Å². The zero-order valence-electron chi connectivity index (χ0n) is 14.1. The molecule has 1 fully saturated rings. The molecule has 0 atom stereocenters. The Labute approximate surface area is 147 Å². The lowest BCUT2D eigenvalue weighted by Gasteiger charge is -2.22. The van der Waals surface area contributed by atoms with E-state index in [9.17, 15) is 9.90 Å². The van der Waals surface area contributed by atoms with Crippen LogP contribution in [0.15, 0.2) is 48.5 Å². The molecular formula is C20H21N3O2. The van der Waals surface area contributed by atoms with E-state index in [1.807, 2.05) is 29.2 Å². The molecule has 1 aliphatic heterocycles. The normalized spacial score (nSPS) is 15.4. The molecule has 3 rings (SSSR count). The standard InChI is InChI=1S/C20H21N3O2/c21-14-16-6-8-17(9-7-16)15-22-10-3-11-23(13-12-22)20(25)18-4-1-2-5-19(18)24/h1-2,4-9,24H,3,10-13,15H2. The summed E-state index contributed by atoms with van der Waals surface area (Å²) in [5, 5.41) is 18.8. The Morgan fingerprint density at radius 1 is 1.04 bits per heavy atom. The van der Waals surface area contributed by atoms with Crippen molar-refractivity contribution in [3.8, 4) is 11.8 Å². The Kier molecular flexibility index (Phi) is 5.32. The minimum absolute atomic E-state index is 0.0335. The summed E-state index contributed by atoms with van der Waals surface area (Å²) >= 11 is 0. The van der Waals surface area contributed by atoms with Crippen LogP contribution in [-0.4, -0.2) is 47.0 Å². The number of phenols is 1. The molecule has 1 aliphatic rings. The molecule has 0 aliphatic carbocycles. The molecule has 0 bridgehead atoms. The number of hydrogen-bond acceptors (Lipinski definition) is 4. The molecule has 1 amide bonds. The summed E-state index contributed by atoms with van der Waals surface area (Å²) in [4.78, 5) is 16.8. The number of nitrogens with zero attached hydrogens (tertiary/aromatic N) is 3. The van der Waals surface area contributed by atoms with Gasteiger partial charge in [-0.05, 0) is 36.2 Å². The molecule has 25 heavy (non-hydrogen) atoms. The van der Waals surface area contributed by atoms with Crippen LogP contribution < -0.4 is 0 Å². The van der Waals surface area contributed by atoms with Gasteiger partial charge in [0.2, 0.25) is 0 Å². The molecule has 0 radical (unpaired) electrons. The van der Waals surface area contributed by atoms with Gasteiger partial charge < -0.3 is 10.0 Å². The number of phenolic OH excluding ortho intramolecular Hbond substituents is 1. The zero-order valence-corrected chi connectivity index (χ0v) is 14.1. The van der Waals surface area contributed by atoms with Crippen molar-refractivity contribution < 1.29 is 9.90 Å². The first-order chi connectivity index (χ1) is 12.2. The van der Waals surface area contributed by atoms with Crippen LogP contribution in [0.2, 0.25) is 0 Å². The van der Waals surface area contributed by atoms with E-state index < -0.39 is 0 Å². The van der Waals surface area contributed by atoms with Crippen LogP contribution in [0.3, 0.4) is 0 Å². The van der Waals surface area contributed by atoms with E-state index in [1.165, 1.54) is 5.56 Å². The number of para-hydroxylation sites is 1. The highest BCUT2D eigenvalue weighted by molar-refractivity contribution is 5.96. The second kappa shape index (κ2) is 7.82. The lowest BCUT2D eigenvalue weighted by Crippen LogP contribution is -2.35. The number of rotatable bonds is 3. The van der Waals surface area contributed by atoms with Crippen LogP contribution in [0.1, 0.15) is 27.9 Å². The van der Waals surface area contributed by atoms with Crippen LogP contribution in [0.4, 0.5) is 0 Å². The lowest BCUT2D eigenvalue weighted by atomic mass is 10.1. The maximum atomic E-state index is 12.6. The van der Waals surface area contributed by atoms with Crippen molar-refractivity contribution in [2.24, 2.45) is 0 Å². The fourth-order valence-corrected chi connectivity index (χ4v) is 3.10. The van der Waals surface area contributed by atoms with Gasteiger partial charge in [-0.15, -0.1) is 0 Å². The average molecular weight is 335 g/mol. The number of carbonyl (C=O) groups is 1. The summed E-state index contributed by atoms with van der Waals surface area (Å²) < 4.78 is 0. The van der Waals surface area contributed by atoms with Crippen molar-refractivity contribution >= 4 is 5.91 Å². The van der Waals surface area contributed by atoms with Gasteiger partial charge in [-0.25, -0.2) is 0 Å². The van der Waals surface area contributed by atoms with Crippen molar-refractivity contribution in [3.63, 3.8) is 0 Å². The van der Waals surface area contributed by atoms with Crippen molar-refractivity contribution in [3.05, 3.63) is 65.2 Å². The Bertz CT molecular complexity index is 780. The average Bonchev–Trinajstić information content (AvgIpc) is 2.88. The van der Waals surface area contributed by atoms with E-state index in [2.05, 4.69) is 11.0 Å². The fraction of sp³-hybridized carbons (Fsp3) is 0.300. The topological polar surface area (TPSA) is 67.6 Å². The predicted molar refractivity (Wildman–Crippen MR) is 95.1 cm³/mol. The Balaban J connectivity index is 1.61. The summed E-state index contributed by atoms with van der Waals surface area (Å²) in [6.45, 7) is 3.86. The van der Waals surface area contributed by atoms with Crippen LogP contribution in [-0.2, 0) is 6.54 Å². The van der Waals surface area contributed by atoms with Crippen LogP contribution in [0, 0.1) is 11.3 Å². The number of benzene rings is 2. The summed E-state index contributed by atoms with van der Waals surface area (Å²) in [5.41, 5.74) is 2.20. The summed E-state index contributed by atoms with van der Waals surface area (Å²) in [6.07, 6.45) is 0.898. The van der Waals surface area contributed by atoms with Gasteiger partial charge in [-0.1, -0.05) is 24.3 Å². The van der Waals surface area contributed by atoms with Gasteiger partial charge in [-0.2, -0.15) is 5.26 Å². The molecule has 2 aromatic rings. The monoisotopic (exact) mass is 335 g/mol. The molecule has 1 N–H and O–H groups in total. The SMILES string of the molecule is N#Cc1ccc(CN2CCCN(C(=O)c3ccccc3O)CC2)cc1. The third-order valence-electron chi connectivity index (χ3n) is 4.50. The number of amides is 1. The molecule has 0 aromatic heterocycles. The first-order valence-corrected chi connectivity index (χ1v) is 8.46. The molecule has 2 aromatic carbocycles. The van der Waals surface area contributed by atoms with Gasteiger partial charge in [0, 0.05) is 32.7 Å². The van der Waals surface area contributed by atoms with Crippen LogP contribution in [0.5, 0.6) is 5.75 Å². The molecule has 1 heterocycles. The fourth-order valence-electron chi connectivity index (χ4n) is 3.10. The minimum Gasteiger partial charge on any atom is -0.507 e. The van der Waals surface area contributed by atoms with Gasteiger partial charge >= 0.3 is 0 Å². The molecule has 0 unspecified atom stereocenters. The van der Waals surface area contributed by atoms with E-state index in [1.54, 1.807) is 24.3 Å².